The Labute approximate surface area is 142 Å². The van der Waals surface area contributed by atoms with Crippen molar-refractivity contribution in [2.45, 2.75) is 57.2 Å². The molecule has 0 fully saturated rings. The van der Waals surface area contributed by atoms with Gasteiger partial charge in [0.15, 0.2) is 12.2 Å². The summed E-state index contributed by atoms with van der Waals surface area (Å²) < 4.78 is 121. The Balaban J connectivity index is 4.51. The van der Waals surface area contributed by atoms with E-state index in [-0.39, 0.29) is 0 Å². The topological polar surface area (TPSA) is 55.8 Å². The van der Waals surface area contributed by atoms with E-state index in [0.29, 0.717) is 6.92 Å². The first-order valence-corrected chi connectivity index (χ1v) is 7.11. The smallest absolute Gasteiger partial charge is 0.426 e. The minimum atomic E-state index is -5.98. The average Bonchev–Trinajstić information content (AvgIpc) is 2.45. The fraction of sp³-hybridized carbons (Fsp3) is 0.923. The lowest BCUT2D eigenvalue weighted by molar-refractivity contribution is -0.370. The van der Waals surface area contributed by atoms with Gasteiger partial charge in [-0.25, -0.2) is 0 Å². The molecule has 0 saturated carbocycles. The molecule has 1 unspecified atom stereocenters. The van der Waals surface area contributed by atoms with Gasteiger partial charge in [-0.15, -0.1) is 0 Å². The molecular formula is C13H17F9O4. The maximum Gasteiger partial charge on any atom is 0.426 e. The van der Waals surface area contributed by atoms with Crippen LogP contribution in [-0.2, 0) is 14.3 Å². The highest BCUT2D eigenvalue weighted by Crippen LogP contribution is 2.46. The van der Waals surface area contributed by atoms with E-state index in [4.69, 9.17) is 5.11 Å². The van der Waals surface area contributed by atoms with Crippen LogP contribution in [-0.4, -0.2) is 48.6 Å². The van der Waals surface area contributed by atoms with Crippen LogP contribution in [0.2, 0.25) is 0 Å². The molecule has 1 atom stereocenters. The second kappa shape index (κ2) is 8.19. The van der Waals surface area contributed by atoms with Crippen LogP contribution in [0, 0.1) is 5.41 Å². The Kier molecular flexibility index (Phi) is 7.80. The van der Waals surface area contributed by atoms with E-state index in [9.17, 15) is 44.3 Å². The number of hydrogen-bond acceptors (Lipinski definition) is 4. The van der Waals surface area contributed by atoms with Crippen molar-refractivity contribution in [3.8, 4) is 0 Å². The van der Waals surface area contributed by atoms with Crippen molar-refractivity contribution < 1.29 is 58.9 Å². The molecule has 156 valence electrons. The van der Waals surface area contributed by atoms with E-state index in [1.165, 1.54) is 0 Å². The molecule has 0 saturated heterocycles. The third-order valence-corrected chi connectivity index (χ3v) is 3.82. The predicted octanol–water partition coefficient (Wildman–Crippen LogP) is 4.12. The molecule has 0 aliphatic carbocycles. The maximum absolute atomic E-state index is 12.8. The van der Waals surface area contributed by atoms with Crippen molar-refractivity contribution in [2.24, 2.45) is 5.41 Å². The third kappa shape index (κ3) is 5.38. The average molecular weight is 408 g/mol. The van der Waals surface area contributed by atoms with E-state index in [2.05, 4.69) is 9.47 Å². The zero-order chi connectivity index (χ0) is 21.0. The lowest BCUT2D eigenvalue weighted by atomic mass is 9.87. The quantitative estimate of drug-likeness (QED) is 0.284. The van der Waals surface area contributed by atoms with Gasteiger partial charge in [-0.2, -0.15) is 39.5 Å². The maximum atomic E-state index is 12.8. The number of ether oxygens (including phenoxy) is 2. The number of esters is 1. The zero-order valence-corrected chi connectivity index (χ0v) is 13.6. The largest absolute Gasteiger partial charge is 0.438 e. The summed E-state index contributed by atoms with van der Waals surface area (Å²) in [7, 11) is 0. The molecular weight excluding hydrogens is 391 g/mol. The van der Waals surface area contributed by atoms with Gasteiger partial charge in [0.05, 0.1) is 6.61 Å². The van der Waals surface area contributed by atoms with E-state index in [0.717, 1.165) is 6.92 Å². The molecule has 0 aromatic rings. The summed E-state index contributed by atoms with van der Waals surface area (Å²) >= 11 is 0. The fourth-order valence-electron chi connectivity index (χ4n) is 1.65. The number of hydrogen-bond donors (Lipinski definition) is 1. The summed E-state index contributed by atoms with van der Waals surface area (Å²) in [6, 6.07) is 0. The fourth-order valence-corrected chi connectivity index (χ4v) is 1.65. The van der Waals surface area contributed by atoms with Crippen LogP contribution in [0.5, 0.6) is 0 Å². The van der Waals surface area contributed by atoms with Crippen molar-refractivity contribution in [1.82, 2.24) is 0 Å². The van der Waals surface area contributed by atoms with Crippen LogP contribution in [0.3, 0.4) is 0 Å². The first-order chi connectivity index (χ1) is 11.4. The second-order valence-corrected chi connectivity index (χ2v) is 5.60. The second-order valence-electron chi connectivity index (χ2n) is 5.60. The molecule has 26 heavy (non-hydrogen) atoms. The van der Waals surface area contributed by atoms with Crippen LogP contribution in [0.4, 0.5) is 39.5 Å². The summed E-state index contributed by atoms with van der Waals surface area (Å²) in [5.74, 6) is -1.70. The third-order valence-electron chi connectivity index (χ3n) is 3.82. The van der Waals surface area contributed by atoms with Crippen molar-refractivity contribution >= 4 is 5.97 Å². The van der Waals surface area contributed by atoms with Gasteiger partial charge in [0, 0.05) is 0 Å². The van der Waals surface area contributed by atoms with Crippen LogP contribution in [0.15, 0.2) is 0 Å². The minimum Gasteiger partial charge on any atom is -0.438 e. The highest BCUT2D eigenvalue weighted by atomic mass is 19.4. The molecule has 4 nitrogen and oxygen atoms in total. The van der Waals surface area contributed by atoms with Crippen LogP contribution in [0.25, 0.3) is 0 Å². The predicted molar refractivity (Wildman–Crippen MR) is 67.7 cm³/mol. The highest BCUT2D eigenvalue weighted by molar-refractivity contribution is 5.77. The number of aliphatic hydroxyl groups is 1. The molecule has 0 aliphatic heterocycles. The van der Waals surface area contributed by atoms with E-state index in [1.54, 1.807) is 0 Å². The Bertz CT molecular complexity index is 456. The number of carbonyl (C=O) groups excluding carboxylic acids is 1. The van der Waals surface area contributed by atoms with Crippen LogP contribution < -0.4 is 0 Å². The van der Waals surface area contributed by atoms with Gasteiger partial charge in [-0.05, 0) is 26.2 Å². The standard InChI is InChI=1S/C13H17F9O4/c1-3-9(2,11(14,15)16)8(23)26-7-25-6-4-5-10(24,12(17,18)19)13(20,21)22/h24H,3-7H2,1-2H3. The molecule has 0 rings (SSSR count). The molecule has 0 bridgehead atoms. The molecule has 0 aromatic heterocycles. The van der Waals surface area contributed by atoms with Crippen molar-refractivity contribution in [3.63, 3.8) is 0 Å². The van der Waals surface area contributed by atoms with Crippen molar-refractivity contribution in [3.05, 3.63) is 0 Å². The summed E-state index contributed by atoms with van der Waals surface area (Å²) in [4.78, 5) is 11.4. The number of carbonyl (C=O) groups is 1. The molecule has 0 radical (unpaired) electrons. The van der Waals surface area contributed by atoms with Gasteiger partial charge in [0.1, 0.15) is 0 Å². The van der Waals surface area contributed by atoms with Crippen molar-refractivity contribution in [2.75, 3.05) is 13.4 Å². The Morgan fingerprint density at radius 1 is 0.923 bits per heavy atom. The molecule has 13 heteroatoms. The normalized spacial score (nSPS) is 16.3. The number of halogens is 9. The van der Waals surface area contributed by atoms with Gasteiger partial charge in [-0.1, -0.05) is 6.92 Å². The molecule has 1 N–H and O–H groups in total. The molecule has 0 aromatic carbocycles. The van der Waals surface area contributed by atoms with Gasteiger partial charge < -0.3 is 14.6 Å². The lowest BCUT2D eigenvalue weighted by Crippen LogP contribution is -2.56. The lowest BCUT2D eigenvalue weighted by Gasteiger charge is -2.32. The Morgan fingerprint density at radius 2 is 1.38 bits per heavy atom. The van der Waals surface area contributed by atoms with E-state index >= 15 is 0 Å². The van der Waals surface area contributed by atoms with Gasteiger partial charge in [0.2, 0.25) is 0 Å². The molecule has 0 amide bonds. The summed E-state index contributed by atoms with van der Waals surface area (Å²) in [6.45, 7) is -0.273. The van der Waals surface area contributed by atoms with E-state index in [1.807, 2.05) is 0 Å². The molecule has 0 aliphatic rings. The van der Waals surface area contributed by atoms with Gasteiger partial charge in [-0.3, -0.25) is 4.79 Å². The summed E-state index contributed by atoms with van der Waals surface area (Å²) in [5, 5.41) is 8.84. The number of alkyl halides is 9. The number of rotatable bonds is 8. The first-order valence-electron chi connectivity index (χ1n) is 7.11. The summed E-state index contributed by atoms with van der Waals surface area (Å²) in [5.41, 5.74) is -7.78. The van der Waals surface area contributed by atoms with Gasteiger partial charge in [0.25, 0.3) is 5.60 Å². The highest BCUT2D eigenvalue weighted by Gasteiger charge is 2.69. The zero-order valence-electron chi connectivity index (χ0n) is 13.6. The molecule has 0 spiro atoms. The van der Waals surface area contributed by atoms with Crippen molar-refractivity contribution in [1.29, 1.82) is 0 Å². The Hall–Kier alpha value is -1.24. The SMILES string of the molecule is CCC(C)(C(=O)OCOCCCC(O)(C(F)(F)F)C(F)(F)F)C(F)(F)F. The minimum absolute atomic E-state index is 0.572. The molecule has 0 heterocycles. The Morgan fingerprint density at radius 3 is 1.73 bits per heavy atom. The summed E-state index contributed by atoms with van der Waals surface area (Å²) in [6.07, 6.45) is -20.3. The first kappa shape index (κ1) is 24.8. The van der Waals surface area contributed by atoms with Crippen LogP contribution in [0.1, 0.15) is 33.1 Å². The van der Waals surface area contributed by atoms with E-state index < -0.39 is 68.2 Å². The van der Waals surface area contributed by atoms with Crippen LogP contribution >= 0.6 is 0 Å². The van der Waals surface area contributed by atoms with Gasteiger partial charge >= 0.3 is 24.5 Å². The monoisotopic (exact) mass is 408 g/mol.